The molecule has 3 heteroatoms. The fourth-order valence-corrected chi connectivity index (χ4v) is 0.415. The number of allylic oxidation sites excluding steroid dienone is 1. The summed E-state index contributed by atoms with van der Waals surface area (Å²) in [6.07, 6.45) is 3.99. The Morgan fingerprint density at radius 2 is 2.44 bits per heavy atom. The summed E-state index contributed by atoms with van der Waals surface area (Å²) in [4.78, 5) is 13.7. The highest BCUT2D eigenvalue weighted by Crippen LogP contribution is 1.95. The van der Waals surface area contributed by atoms with Crippen LogP contribution < -0.4 is 5.73 Å². The lowest BCUT2D eigenvalue weighted by molar-refractivity contribution is -0.107. The maximum atomic E-state index is 9.88. The number of nitrogens with two attached hydrogens (primary N) is 1. The topological polar surface area (TPSA) is 55.4 Å². The average molecular weight is 126 g/mol. The second-order valence-electron chi connectivity index (χ2n) is 1.42. The fraction of sp³-hybridized carbons (Fsp3) is 0.333. The summed E-state index contributed by atoms with van der Waals surface area (Å²) in [5.74, 6) is 0. The first-order valence-electron chi connectivity index (χ1n) is 2.68. The van der Waals surface area contributed by atoms with Crippen LogP contribution in [0, 0.1) is 0 Å². The molecule has 0 aromatic carbocycles. The van der Waals surface area contributed by atoms with Crippen molar-refractivity contribution >= 4 is 12.5 Å². The van der Waals surface area contributed by atoms with E-state index in [4.69, 9.17) is 5.73 Å². The molecule has 0 aromatic rings. The monoisotopic (exact) mass is 126 g/mol. The van der Waals surface area contributed by atoms with Crippen LogP contribution in [-0.2, 0) is 4.79 Å². The van der Waals surface area contributed by atoms with Gasteiger partial charge in [-0.2, -0.15) is 0 Å². The molecule has 0 saturated heterocycles. The smallest absolute Gasteiger partial charge is 0.125 e. The highest BCUT2D eigenvalue weighted by molar-refractivity contribution is 5.59. The van der Waals surface area contributed by atoms with Crippen LogP contribution in [-0.4, -0.2) is 12.5 Å². The highest BCUT2D eigenvalue weighted by atomic mass is 16.1. The minimum absolute atomic E-state index is 0.292. The van der Waals surface area contributed by atoms with Crippen molar-refractivity contribution in [2.24, 2.45) is 10.7 Å². The molecule has 0 rings (SSSR count). The average Bonchev–Trinajstić information content (AvgIpc) is 1.88. The molecule has 0 heterocycles. The van der Waals surface area contributed by atoms with Gasteiger partial charge in [-0.1, -0.05) is 0 Å². The number of rotatable bonds is 3. The van der Waals surface area contributed by atoms with Gasteiger partial charge in [0.2, 0.25) is 0 Å². The van der Waals surface area contributed by atoms with Crippen molar-refractivity contribution < 1.29 is 4.79 Å². The molecule has 0 aromatic heterocycles. The molecule has 0 fully saturated rings. The van der Waals surface area contributed by atoms with Gasteiger partial charge in [-0.15, -0.1) is 0 Å². The first-order valence-corrected chi connectivity index (χ1v) is 2.68. The maximum Gasteiger partial charge on any atom is 0.125 e. The first kappa shape index (κ1) is 7.88. The Kier molecular flexibility index (Phi) is 4.40. The molecule has 0 aliphatic rings. The number of hydrogen-bond acceptors (Lipinski definition) is 3. The molecule has 0 spiro atoms. The highest BCUT2D eigenvalue weighted by Gasteiger charge is 1.86. The predicted octanol–water partition coefficient (Wildman–Crippen LogP) is 0.466. The molecule has 0 atom stereocenters. The van der Waals surface area contributed by atoms with Crippen molar-refractivity contribution in [1.29, 1.82) is 0 Å². The standard InChI is InChI=1S/C6H10N2O/c1-2-8-6(5-7)3-4-9/h2,4-5H,3,7H2,1H3/b6-5-,8-2?. The van der Waals surface area contributed by atoms with Gasteiger partial charge in [0.25, 0.3) is 0 Å². The third kappa shape index (κ3) is 3.46. The van der Waals surface area contributed by atoms with E-state index in [0.717, 1.165) is 6.29 Å². The zero-order valence-corrected chi connectivity index (χ0v) is 5.37. The van der Waals surface area contributed by atoms with Crippen molar-refractivity contribution in [2.45, 2.75) is 13.3 Å². The second kappa shape index (κ2) is 5.03. The minimum atomic E-state index is 0.292. The maximum absolute atomic E-state index is 9.88. The molecule has 0 amide bonds. The Bertz CT molecular complexity index is 138. The SMILES string of the molecule is CC=N/C(=C\N)CC=O. The Labute approximate surface area is 54.3 Å². The summed E-state index contributed by atoms with van der Waals surface area (Å²) in [5.41, 5.74) is 5.71. The van der Waals surface area contributed by atoms with E-state index >= 15 is 0 Å². The predicted molar refractivity (Wildman–Crippen MR) is 37.1 cm³/mol. The second-order valence-corrected chi connectivity index (χ2v) is 1.42. The summed E-state index contributed by atoms with van der Waals surface area (Å²) in [7, 11) is 0. The van der Waals surface area contributed by atoms with Gasteiger partial charge in [0.1, 0.15) is 6.29 Å². The zero-order chi connectivity index (χ0) is 7.11. The third-order valence-electron chi connectivity index (χ3n) is 0.780. The van der Waals surface area contributed by atoms with Crippen LogP contribution in [0.2, 0.25) is 0 Å². The van der Waals surface area contributed by atoms with E-state index in [2.05, 4.69) is 4.99 Å². The van der Waals surface area contributed by atoms with Gasteiger partial charge < -0.3 is 10.5 Å². The Balaban J connectivity index is 3.84. The van der Waals surface area contributed by atoms with Crippen molar-refractivity contribution in [3.8, 4) is 0 Å². The molecule has 50 valence electrons. The van der Waals surface area contributed by atoms with Crippen molar-refractivity contribution in [3.63, 3.8) is 0 Å². The summed E-state index contributed by atoms with van der Waals surface area (Å²) < 4.78 is 0. The summed E-state index contributed by atoms with van der Waals surface area (Å²) >= 11 is 0. The zero-order valence-electron chi connectivity index (χ0n) is 5.37. The molecular formula is C6H10N2O. The van der Waals surface area contributed by atoms with E-state index in [1.165, 1.54) is 6.20 Å². The number of hydrogen-bond donors (Lipinski definition) is 1. The van der Waals surface area contributed by atoms with E-state index in [9.17, 15) is 4.79 Å². The lowest BCUT2D eigenvalue weighted by atomic mass is 10.4. The fourth-order valence-electron chi connectivity index (χ4n) is 0.415. The molecule has 0 saturated carbocycles. The molecule has 9 heavy (non-hydrogen) atoms. The van der Waals surface area contributed by atoms with Crippen LogP contribution in [0.15, 0.2) is 16.9 Å². The number of carbonyl (C=O) groups excluding carboxylic acids is 1. The largest absolute Gasteiger partial charge is 0.403 e. The van der Waals surface area contributed by atoms with Crippen molar-refractivity contribution in [2.75, 3.05) is 0 Å². The Morgan fingerprint density at radius 3 is 2.78 bits per heavy atom. The quantitative estimate of drug-likeness (QED) is 0.441. The number of carbonyl (C=O) groups is 1. The van der Waals surface area contributed by atoms with Crippen LogP contribution in [0.25, 0.3) is 0 Å². The molecule has 0 unspecified atom stereocenters. The molecule has 3 nitrogen and oxygen atoms in total. The van der Waals surface area contributed by atoms with Gasteiger partial charge in [0, 0.05) is 18.8 Å². The van der Waals surface area contributed by atoms with E-state index in [1.54, 1.807) is 13.1 Å². The number of aliphatic imine (C=N–C) groups is 1. The van der Waals surface area contributed by atoms with Crippen LogP contribution in [0.3, 0.4) is 0 Å². The number of nitrogens with zero attached hydrogens (tertiary/aromatic N) is 1. The van der Waals surface area contributed by atoms with Crippen LogP contribution >= 0.6 is 0 Å². The third-order valence-corrected chi connectivity index (χ3v) is 0.780. The Morgan fingerprint density at radius 1 is 1.78 bits per heavy atom. The molecular weight excluding hydrogens is 116 g/mol. The molecule has 0 aliphatic carbocycles. The minimum Gasteiger partial charge on any atom is -0.403 e. The van der Waals surface area contributed by atoms with Gasteiger partial charge in [0.05, 0.1) is 5.70 Å². The van der Waals surface area contributed by atoms with Gasteiger partial charge in [-0.25, -0.2) is 0 Å². The van der Waals surface area contributed by atoms with Gasteiger partial charge in [-0.3, -0.25) is 4.99 Å². The van der Waals surface area contributed by atoms with Gasteiger partial charge in [0.15, 0.2) is 0 Å². The Hall–Kier alpha value is -1.12. The first-order chi connectivity index (χ1) is 4.35. The van der Waals surface area contributed by atoms with Crippen molar-refractivity contribution in [1.82, 2.24) is 0 Å². The van der Waals surface area contributed by atoms with Gasteiger partial charge >= 0.3 is 0 Å². The van der Waals surface area contributed by atoms with Crippen molar-refractivity contribution in [3.05, 3.63) is 11.9 Å². The molecule has 0 aliphatic heterocycles. The molecule has 2 N–H and O–H groups in total. The normalized spacial score (nSPS) is 12.3. The lowest BCUT2D eigenvalue weighted by Gasteiger charge is -1.89. The van der Waals surface area contributed by atoms with Crippen LogP contribution in [0.1, 0.15) is 13.3 Å². The molecule has 0 bridgehead atoms. The van der Waals surface area contributed by atoms with Gasteiger partial charge in [-0.05, 0) is 6.92 Å². The van der Waals surface area contributed by atoms with E-state index in [1.807, 2.05) is 0 Å². The molecule has 0 radical (unpaired) electrons. The van der Waals surface area contributed by atoms with Crippen LogP contribution in [0.4, 0.5) is 0 Å². The lowest BCUT2D eigenvalue weighted by Crippen LogP contribution is -1.87. The van der Waals surface area contributed by atoms with E-state index in [-0.39, 0.29) is 0 Å². The van der Waals surface area contributed by atoms with E-state index < -0.39 is 0 Å². The summed E-state index contributed by atoms with van der Waals surface area (Å²) in [6, 6.07) is 0. The van der Waals surface area contributed by atoms with E-state index in [0.29, 0.717) is 12.1 Å². The van der Waals surface area contributed by atoms with Crippen LogP contribution in [0.5, 0.6) is 0 Å². The number of aldehydes is 1. The summed E-state index contributed by atoms with van der Waals surface area (Å²) in [6.45, 7) is 1.77. The summed E-state index contributed by atoms with van der Waals surface area (Å²) in [5, 5.41) is 0.